The van der Waals surface area contributed by atoms with Crippen molar-refractivity contribution in [3.05, 3.63) is 0 Å². The molecule has 0 radical (unpaired) electrons. The summed E-state index contributed by atoms with van der Waals surface area (Å²) in [5.41, 5.74) is 0. The molecule has 1 aliphatic rings. The van der Waals surface area contributed by atoms with E-state index in [2.05, 4.69) is 31.1 Å². The van der Waals surface area contributed by atoms with Gasteiger partial charge in [-0.05, 0) is 33.7 Å². The van der Waals surface area contributed by atoms with Crippen LogP contribution >= 0.6 is 0 Å². The Morgan fingerprint density at radius 3 is 2.60 bits per heavy atom. The van der Waals surface area contributed by atoms with Gasteiger partial charge in [0.25, 0.3) is 0 Å². The van der Waals surface area contributed by atoms with E-state index in [4.69, 9.17) is 5.11 Å². The lowest BCUT2D eigenvalue weighted by Gasteiger charge is -2.40. The normalized spacial score (nSPS) is 27.6. The van der Waals surface area contributed by atoms with E-state index >= 15 is 0 Å². The predicted octanol–water partition coefficient (Wildman–Crippen LogP) is 1.22. The van der Waals surface area contributed by atoms with Crippen LogP contribution in [0.25, 0.3) is 0 Å². The fourth-order valence-electron chi connectivity index (χ4n) is 2.47. The maximum atomic E-state index is 8.85. The average Bonchev–Trinajstić information content (AvgIpc) is 2.25. The lowest BCUT2D eigenvalue weighted by molar-refractivity contribution is 0.117. The van der Waals surface area contributed by atoms with Crippen molar-refractivity contribution in [1.82, 2.24) is 10.2 Å². The van der Waals surface area contributed by atoms with E-state index in [1.165, 1.54) is 25.7 Å². The van der Waals surface area contributed by atoms with Gasteiger partial charge in [-0.1, -0.05) is 12.8 Å². The lowest BCUT2D eigenvalue weighted by Crippen LogP contribution is -2.52. The van der Waals surface area contributed by atoms with Gasteiger partial charge < -0.3 is 10.4 Å². The van der Waals surface area contributed by atoms with Crippen molar-refractivity contribution in [3.63, 3.8) is 0 Å². The number of aliphatic hydroxyl groups is 1. The Balaban J connectivity index is 2.49. The van der Waals surface area contributed by atoms with Crippen LogP contribution in [0.4, 0.5) is 0 Å². The Kier molecular flexibility index (Phi) is 5.58. The average molecular weight is 214 g/mol. The van der Waals surface area contributed by atoms with Crippen LogP contribution < -0.4 is 5.32 Å². The minimum absolute atomic E-state index is 0.245. The van der Waals surface area contributed by atoms with E-state index < -0.39 is 0 Å². The second-order valence-electron chi connectivity index (χ2n) is 4.90. The fourth-order valence-corrected chi connectivity index (χ4v) is 2.47. The molecule has 0 heterocycles. The Labute approximate surface area is 93.9 Å². The van der Waals surface area contributed by atoms with Gasteiger partial charge in [-0.3, -0.25) is 4.90 Å². The fraction of sp³-hybridized carbons (Fsp3) is 1.00. The number of hydrogen-bond acceptors (Lipinski definition) is 3. The molecular formula is C12H26N2O. The molecule has 0 amide bonds. The summed E-state index contributed by atoms with van der Waals surface area (Å²) in [4.78, 5) is 2.47. The van der Waals surface area contributed by atoms with Crippen LogP contribution in [0.5, 0.6) is 0 Å². The van der Waals surface area contributed by atoms with E-state index in [0.717, 1.165) is 6.54 Å². The van der Waals surface area contributed by atoms with Crippen LogP contribution in [-0.4, -0.2) is 48.3 Å². The van der Waals surface area contributed by atoms with E-state index in [-0.39, 0.29) is 6.61 Å². The highest BCUT2D eigenvalue weighted by molar-refractivity contribution is 4.88. The van der Waals surface area contributed by atoms with Crippen molar-refractivity contribution in [2.24, 2.45) is 0 Å². The SMILES string of the molecule is CC(C)N(C)[C@H]1CCCC[C@H]1NCCO. The minimum Gasteiger partial charge on any atom is -0.395 e. The topological polar surface area (TPSA) is 35.5 Å². The van der Waals surface area contributed by atoms with Gasteiger partial charge in [-0.25, -0.2) is 0 Å². The molecule has 0 aromatic heterocycles. The third kappa shape index (κ3) is 3.74. The first kappa shape index (κ1) is 12.9. The number of rotatable bonds is 5. The lowest BCUT2D eigenvalue weighted by atomic mass is 9.88. The highest BCUT2D eigenvalue weighted by atomic mass is 16.3. The van der Waals surface area contributed by atoms with Crippen LogP contribution in [0.2, 0.25) is 0 Å². The van der Waals surface area contributed by atoms with Crippen molar-refractivity contribution < 1.29 is 5.11 Å². The van der Waals surface area contributed by atoms with E-state index in [9.17, 15) is 0 Å². The molecule has 2 N–H and O–H groups in total. The van der Waals surface area contributed by atoms with Crippen molar-refractivity contribution in [2.45, 2.75) is 57.7 Å². The van der Waals surface area contributed by atoms with Crippen molar-refractivity contribution in [3.8, 4) is 0 Å². The summed E-state index contributed by atoms with van der Waals surface area (Å²) in [6.45, 7) is 5.47. The quantitative estimate of drug-likeness (QED) is 0.722. The summed E-state index contributed by atoms with van der Waals surface area (Å²) in [6, 6.07) is 1.81. The summed E-state index contributed by atoms with van der Waals surface area (Å²) in [7, 11) is 2.22. The third-order valence-electron chi connectivity index (χ3n) is 3.59. The molecule has 90 valence electrons. The summed E-state index contributed by atoms with van der Waals surface area (Å²) in [5.74, 6) is 0. The Bertz CT molecular complexity index is 173. The molecule has 0 aliphatic heterocycles. The first-order chi connectivity index (χ1) is 7.16. The second kappa shape index (κ2) is 6.46. The molecule has 0 saturated heterocycles. The molecule has 1 aliphatic carbocycles. The van der Waals surface area contributed by atoms with Crippen LogP contribution in [0.3, 0.4) is 0 Å². The number of aliphatic hydroxyl groups excluding tert-OH is 1. The van der Waals surface area contributed by atoms with Crippen molar-refractivity contribution in [2.75, 3.05) is 20.2 Å². The molecule has 2 atom stereocenters. The van der Waals surface area contributed by atoms with Gasteiger partial charge in [0.15, 0.2) is 0 Å². The Morgan fingerprint density at radius 2 is 2.00 bits per heavy atom. The van der Waals surface area contributed by atoms with E-state index in [1.807, 2.05) is 0 Å². The minimum atomic E-state index is 0.245. The first-order valence-electron chi connectivity index (χ1n) is 6.23. The highest BCUT2D eigenvalue weighted by Gasteiger charge is 2.28. The molecule has 3 heteroatoms. The molecule has 1 saturated carbocycles. The Hall–Kier alpha value is -0.120. The largest absolute Gasteiger partial charge is 0.395 e. The Morgan fingerprint density at radius 1 is 1.33 bits per heavy atom. The van der Waals surface area contributed by atoms with Crippen LogP contribution in [0, 0.1) is 0 Å². The van der Waals surface area contributed by atoms with Crippen LogP contribution in [0.1, 0.15) is 39.5 Å². The zero-order valence-corrected chi connectivity index (χ0v) is 10.4. The molecular weight excluding hydrogens is 188 g/mol. The molecule has 15 heavy (non-hydrogen) atoms. The zero-order valence-electron chi connectivity index (χ0n) is 10.4. The monoisotopic (exact) mass is 214 g/mol. The van der Waals surface area contributed by atoms with E-state index in [1.54, 1.807) is 0 Å². The second-order valence-corrected chi connectivity index (χ2v) is 4.90. The van der Waals surface area contributed by atoms with Crippen molar-refractivity contribution in [1.29, 1.82) is 0 Å². The summed E-state index contributed by atoms with van der Waals surface area (Å²) >= 11 is 0. The van der Waals surface area contributed by atoms with Crippen molar-refractivity contribution >= 4 is 0 Å². The molecule has 0 aromatic carbocycles. The van der Waals surface area contributed by atoms with E-state index in [0.29, 0.717) is 18.1 Å². The standard InChI is InChI=1S/C12H26N2O/c1-10(2)14(3)12-7-5-4-6-11(12)13-8-9-15/h10-13,15H,4-9H2,1-3H3/t11-,12+/m1/s1. The number of hydrogen-bond donors (Lipinski definition) is 2. The number of nitrogens with one attached hydrogen (secondary N) is 1. The highest BCUT2D eigenvalue weighted by Crippen LogP contribution is 2.23. The van der Waals surface area contributed by atoms with Crippen LogP contribution in [0.15, 0.2) is 0 Å². The van der Waals surface area contributed by atoms with Gasteiger partial charge in [0.05, 0.1) is 6.61 Å². The maximum Gasteiger partial charge on any atom is 0.0556 e. The van der Waals surface area contributed by atoms with Gasteiger partial charge in [0.2, 0.25) is 0 Å². The summed E-state index contributed by atoms with van der Waals surface area (Å²) in [5, 5.41) is 12.3. The number of likely N-dealkylation sites (N-methyl/N-ethyl adjacent to an activating group) is 1. The molecule has 1 fully saturated rings. The van der Waals surface area contributed by atoms with Gasteiger partial charge in [0, 0.05) is 24.7 Å². The summed E-state index contributed by atoms with van der Waals surface area (Å²) < 4.78 is 0. The van der Waals surface area contributed by atoms with Gasteiger partial charge in [-0.2, -0.15) is 0 Å². The van der Waals surface area contributed by atoms with Gasteiger partial charge in [-0.15, -0.1) is 0 Å². The zero-order chi connectivity index (χ0) is 11.3. The molecule has 1 rings (SSSR count). The third-order valence-corrected chi connectivity index (χ3v) is 3.59. The molecule has 0 unspecified atom stereocenters. The molecule has 3 nitrogen and oxygen atoms in total. The van der Waals surface area contributed by atoms with Crippen LogP contribution in [-0.2, 0) is 0 Å². The molecule has 0 aromatic rings. The smallest absolute Gasteiger partial charge is 0.0556 e. The van der Waals surface area contributed by atoms with Gasteiger partial charge in [0.1, 0.15) is 0 Å². The first-order valence-corrected chi connectivity index (χ1v) is 6.23. The number of nitrogens with zero attached hydrogens (tertiary/aromatic N) is 1. The molecule has 0 spiro atoms. The van der Waals surface area contributed by atoms with Gasteiger partial charge >= 0.3 is 0 Å². The maximum absolute atomic E-state index is 8.85. The summed E-state index contributed by atoms with van der Waals surface area (Å²) in [6.07, 6.45) is 5.21. The molecule has 0 bridgehead atoms. The predicted molar refractivity (Wildman–Crippen MR) is 64.0 cm³/mol.